The van der Waals surface area contributed by atoms with Gasteiger partial charge in [-0.15, -0.1) is 0 Å². The van der Waals surface area contributed by atoms with E-state index in [1.165, 1.54) is 19.3 Å². The zero-order chi connectivity index (χ0) is 15.0. The van der Waals surface area contributed by atoms with Crippen LogP contribution in [-0.4, -0.2) is 46.7 Å². The fraction of sp³-hybridized carbons (Fsp3) is 0.867. The Morgan fingerprint density at radius 1 is 1.25 bits per heavy atom. The van der Waals surface area contributed by atoms with E-state index < -0.39 is 11.9 Å². The van der Waals surface area contributed by atoms with Crippen molar-refractivity contribution in [1.29, 1.82) is 0 Å². The van der Waals surface area contributed by atoms with Crippen molar-refractivity contribution in [3.63, 3.8) is 0 Å². The third kappa shape index (κ3) is 5.90. The minimum atomic E-state index is -0.885. The van der Waals surface area contributed by atoms with E-state index in [1.54, 1.807) is 11.8 Å². The van der Waals surface area contributed by atoms with Gasteiger partial charge >= 0.3 is 5.97 Å². The average molecular weight is 285 g/mol. The van der Waals surface area contributed by atoms with E-state index in [2.05, 4.69) is 0 Å². The van der Waals surface area contributed by atoms with Crippen LogP contribution in [0.15, 0.2) is 0 Å². The van der Waals surface area contributed by atoms with Crippen molar-refractivity contribution in [2.24, 2.45) is 11.8 Å². The summed E-state index contributed by atoms with van der Waals surface area (Å²) in [5.74, 6) is -0.958. The van der Waals surface area contributed by atoms with Crippen LogP contribution < -0.4 is 0 Å². The molecule has 5 heteroatoms. The van der Waals surface area contributed by atoms with Gasteiger partial charge < -0.3 is 15.1 Å². The second-order valence-electron chi connectivity index (χ2n) is 5.86. The molecule has 0 aromatic rings. The molecule has 0 aromatic heterocycles. The summed E-state index contributed by atoms with van der Waals surface area (Å²) in [5.41, 5.74) is 0. The number of aliphatic carboxylic acids is 1. The molecule has 1 amide bonds. The van der Waals surface area contributed by atoms with Crippen molar-refractivity contribution in [2.75, 3.05) is 19.7 Å². The van der Waals surface area contributed by atoms with Gasteiger partial charge in [0, 0.05) is 26.1 Å². The number of aliphatic hydroxyl groups is 1. The minimum absolute atomic E-state index is 0.0225. The van der Waals surface area contributed by atoms with E-state index in [0.29, 0.717) is 25.3 Å². The summed E-state index contributed by atoms with van der Waals surface area (Å²) < 4.78 is 0. The molecule has 116 valence electrons. The van der Waals surface area contributed by atoms with Crippen LogP contribution in [0.4, 0.5) is 0 Å². The number of hydrogen-bond donors (Lipinski definition) is 2. The number of amides is 1. The topological polar surface area (TPSA) is 77.8 Å². The molecule has 1 saturated carbocycles. The third-order valence-electron chi connectivity index (χ3n) is 4.04. The predicted molar refractivity (Wildman–Crippen MR) is 76.3 cm³/mol. The van der Waals surface area contributed by atoms with Gasteiger partial charge in [0.1, 0.15) is 0 Å². The zero-order valence-corrected chi connectivity index (χ0v) is 12.4. The Labute approximate surface area is 121 Å². The van der Waals surface area contributed by atoms with Crippen LogP contribution in [0.2, 0.25) is 0 Å². The number of carbonyl (C=O) groups is 2. The van der Waals surface area contributed by atoms with E-state index in [1.807, 2.05) is 0 Å². The number of carboxylic acid groups (broad SMARTS) is 1. The van der Waals surface area contributed by atoms with Crippen LogP contribution in [0.5, 0.6) is 0 Å². The Hall–Kier alpha value is -1.10. The Morgan fingerprint density at radius 3 is 2.45 bits per heavy atom. The third-order valence-corrected chi connectivity index (χ3v) is 4.04. The highest BCUT2D eigenvalue weighted by Gasteiger charge is 2.23. The first kappa shape index (κ1) is 17.0. The highest BCUT2D eigenvalue weighted by atomic mass is 16.4. The Bertz CT molecular complexity index is 313. The number of nitrogens with zero attached hydrogens (tertiary/aromatic N) is 1. The summed E-state index contributed by atoms with van der Waals surface area (Å²) in [6, 6.07) is 0. The summed E-state index contributed by atoms with van der Waals surface area (Å²) in [6.07, 6.45) is 6.89. The van der Waals surface area contributed by atoms with E-state index in [9.17, 15) is 9.59 Å². The minimum Gasteiger partial charge on any atom is -0.481 e. The first-order valence-corrected chi connectivity index (χ1v) is 7.66. The molecule has 0 aliphatic heterocycles. The average Bonchev–Trinajstić information content (AvgIpc) is 2.43. The highest BCUT2D eigenvalue weighted by Crippen LogP contribution is 2.27. The number of carbonyl (C=O) groups excluding carboxylic acids is 1. The molecule has 1 fully saturated rings. The fourth-order valence-corrected chi connectivity index (χ4v) is 2.76. The van der Waals surface area contributed by atoms with Crippen molar-refractivity contribution < 1.29 is 19.8 Å². The van der Waals surface area contributed by atoms with Gasteiger partial charge in [-0.2, -0.15) is 0 Å². The zero-order valence-electron chi connectivity index (χ0n) is 12.4. The van der Waals surface area contributed by atoms with Gasteiger partial charge in [0.15, 0.2) is 0 Å². The number of aliphatic hydroxyl groups excluding tert-OH is 1. The Balaban J connectivity index is 2.51. The predicted octanol–water partition coefficient (Wildman–Crippen LogP) is 1.89. The van der Waals surface area contributed by atoms with E-state index >= 15 is 0 Å². The molecular formula is C15H27NO4. The van der Waals surface area contributed by atoms with Crippen molar-refractivity contribution in [3.8, 4) is 0 Å². The maximum atomic E-state index is 12.3. The van der Waals surface area contributed by atoms with Crippen LogP contribution in [0.3, 0.4) is 0 Å². The molecule has 1 rings (SSSR count). The quantitative estimate of drug-likeness (QED) is 0.714. The normalized spacial score (nSPS) is 17.7. The second kappa shape index (κ2) is 8.95. The lowest BCUT2D eigenvalue weighted by molar-refractivity contribution is -0.143. The maximum absolute atomic E-state index is 12.3. The molecule has 0 radical (unpaired) electrons. The molecule has 0 bridgehead atoms. The van der Waals surface area contributed by atoms with Gasteiger partial charge in [-0.25, -0.2) is 0 Å². The smallest absolute Gasteiger partial charge is 0.308 e. The van der Waals surface area contributed by atoms with Crippen LogP contribution in [0, 0.1) is 11.8 Å². The molecule has 0 saturated heterocycles. The van der Waals surface area contributed by atoms with Gasteiger partial charge in [0.2, 0.25) is 5.91 Å². The molecule has 1 atom stereocenters. The lowest BCUT2D eigenvalue weighted by Gasteiger charge is -2.28. The maximum Gasteiger partial charge on any atom is 0.308 e. The standard InChI is InChI=1S/C15H27NO4/c1-12(15(19)20)11-16(8-5-9-17)14(18)10-13-6-3-2-4-7-13/h12-13,17H,2-11H2,1H3,(H,19,20). The van der Waals surface area contributed by atoms with E-state index in [0.717, 1.165) is 12.8 Å². The van der Waals surface area contributed by atoms with Gasteiger partial charge in [-0.3, -0.25) is 9.59 Å². The van der Waals surface area contributed by atoms with Crippen LogP contribution in [0.25, 0.3) is 0 Å². The van der Waals surface area contributed by atoms with Gasteiger partial charge in [0.05, 0.1) is 5.92 Å². The molecular weight excluding hydrogens is 258 g/mol. The molecule has 1 aliphatic rings. The van der Waals surface area contributed by atoms with Crippen molar-refractivity contribution in [1.82, 2.24) is 4.90 Å². The molecule has 0 aromatic carbocycles. The molecule has 0 spiro atoms. The van der Waals surface area contributed by atoms with Crippen molar-refractivity contribution >= 4 is 11.9 Å². The van der Waals surface area contributed by atoms with Crippen molar-refractivity contribution in [3.05, 3.63) is 0 Å². The van der Waals surface area contributed by atoms with Gasteiger partial charge in [-0.05, 0) is 25.2 Å². The molecule has 5 nitrogen and oxygen atoms in total. The summed E-state index contributed by atoms with van der Waals surface area (Å²) >= 11 is 0. The number of carboxylic acids is 1. The van der Waals surface area contributed by atoms with Crippen LogP contribution in [0.1, 0.15) is 51.9 Å². The summed E-state index contributed by atoms with van der Waals surface area (Å²) in [4.78, 5) is 24.9. The summed E-state index contributed by atoms with van der Waals surface area (Å²) in [7, 11) is 0. The Morgan fingerprint density at radius 2 is 1.90 bits per heavy atom. The van der Waals surface area contributed by atoms with Gasteiger partial charge in [0.25, 0.3) is 0 Å². The molecule has 1 unspecified atom stereocenters. The molecule has 2 N–H and O–H groups in total. The highest BCUT2D eigenvalue weighted by molar-refractivity contribution is 5.77. The van der Waals surface area contributed by atoms with Crippen molar-refractivity contribution in [2.45, 2.75) is 51.9 Å². The number of hydrogen-bond acceptors (Lipinski definition) is 3. The lowest BCUT2D eigenvalue weighted by Crippen LogP contribution is -2.38. The first-order chi connectivity index (χ1) is 9.54. The summed E-state index contributed by atoms with van der Waals surface area (Å²) in [5, 5.41) is 17.9. The van der Waals surface area contributed by atoms with E-state index in [-0.39, 0.29) is 19.1 Å². The van der Waals surface area contributed by atoms with Crippen LogP contribution in [-0.2, 0) is 9.59 Å². The second-order valence-corrected chi connectivity index (χ2v) is 5.86. The Kier molecular flexibility index (Phi) is 7.59. The largest absolute Gasteiger partial charge is 0.481 e. The lowest BCUT2D eigenvalue weighted by atomic mass is 9.86. The fourth-order valence-electron chi connectivity index (χ4n) is 2.76. The number of rotatable bonds is 8. The molecule has 1 aliphatic carbocycles. The monoisotopic (exact) mass is 285 g/mol. The van der Waals surface area contributed by atoms with E-state index in [4.69, 9.17) is 10.2 Å². The summed E-state index contributed by atoms with van der Waals surface area (Å²) in [6.45, 7) is 2.32. The molecule has 0 heterocycles. The SMILES string of the molecule is CC(CN(CCCO)C(=O)CC1CCCCC1)C(=O)O. The first-order valence-electron chi connectivity index (χ1n) is 7.66. The van der Waals surface area contributed by atoms with Crippen LogP contribution >= 0.6 is 0 Å². The van der Waals surface area contributed by atoms with Gasteiger partial charge in [-0.1, -0.05) is 26.2 Å². The molecule has 20 heavy (non-hydrogen) atoms.